The molecule has 4 nitrogen and oxygen atoms in total. The Morgan fingerprint density at radius 2 is 0.833 bits per heavy atom. The van der Waals surface area contributed by atoms with E-state index in [0.29, 0.717) is 0 Å². The maximum Gasteiger partial charge on any atom is 1.00 e. The summed E-state index contributed by atoms with van der Waals surface area (Å²) < 4.78 is 0.167. The summed E-state index contributed by atoms with van der Waals surface area (Å²) in [6, 6.07) is 0. The molecule has 0 fully saturated rings. The number of hydrogen-bond acceptors (Lipinski definition) is 6. The van der Waals surface area contributed by atoms with Crippen molar-refractivity contribution in [3.8, 4) is 0 Å². The summed E-state index contributed by atoms with van der Waals surface area (Å²) in [6.45, 7) is 0. The van der Waals surface area contributed by atoms with Gasteiger partial charge in [0.1, 0.15) is 0 Å². The van der Waals surface area contributed by atoms with E-state index in [0.717, 1.165) is 0 Å². The van der Waals surface area contributed by atoms with Gasteiger partial charge in [0.15, 0.2) is 0 Å². The molecule has 0 aliphatic heterocycles. The average Bonchev–Trinajstić information content (AvgIpc) is 1.66. The molecule has 8 N–H and O–H groups in total. The first-order valence-electron chi connectivity index (χ1n) is 1.73. The van der Waals surface area contributed by atoms with Crippen molar-refractivity contribution in [3.05, 3.63) is 0 Å². The van der Waals surface area contributed by atoms with Crippen LogP contribution in [0.2, 0.25) is 0 Å². The van der Waals surface area contributed by atoms with Crippen molar-refractivity contribution in [2.24, 2.45) is 23.2 Å². The van der Waals surface area contributed by atoms with Crippen molar-refractivity contribution in [1.82, 2.24) is 0 Å². The standard InChI is InChI=1S/2CH3NS2.H4N2.2Na/c2*2-1(3)4;1-2;;/h2*(H3,2,3,4);1-2H2;;/q;;;2*+1/p-2. The Morgan fingerprint density at radius 3 is 0.833 bits per heavy atom. The van der Waals surface area contributed by atoms with E-state index in [1.807, 2.05) is 0 Å². The Hall–Kier alpha value is 2.14. The van der Waals surface area contributed by atoms with Crippen molar-refractivity contribution in [2.45, 2.75) is 0 Å². The molecule has 0 aliphatic carbocycles. The first-order chi connectivity index (χ1) is 4.46. The first-order valence-corrected chi connectivity index (χ1v) is 3.36. The summed E-state index contributed by atoms with van der Waals surface area (Å²) >= 11 is 16.5. The van der Waals surface area contributed by atoms with Crippen LogP contribution in [0.1, 0.15) is 0 Å². The average molecular weight is 262 g/mol. The molecular weight excluding hydrogens is 254 g/mol. The van der Waals surface area contributed by atoms with Crippen LogP contribution in [0.3, 0.4) is 0 Å². The van der Waals surface area contributed by atoms with Gasteiger partial charge in [-0.25, -0.2) is 0 Å². The Bertz CT molecular complexity index is 81.1. The van der Waals surface area contributed by atoms with Gasteiger partial charge in [0, 0.05) is 0 Å². The molecule has 0 aromatic heterocycles. The number of thiocarbonyl (C=S) groups is 2. The normalized spacial score (nSPS) is 4.50. The van der Waals surface area contributed by atoms with Gasteiger partial charge in [-0.3, -0.25) is 11.7 Å². The third-order valence-corrected chi connectivity index (χ3v) is 0. The molecule has 0 aromatic carbocycles. The van der Waals surface area contributed by atoms with E-state index in [1.54, 1.807) is 0 Å². The fourth-order valence-corrected chi connectivity index (χ4v) is 0. The van der Waals surface area contributed by atoms with E-state index in [4.69, 9.17) is 0 Å². The van der Waals surface area contributed by atoms with Crippen LogP contribution >= 0.6 is 24.4 Å². The fourth-order valence-electron chi connectivity index (χ4n) is 0. The van der Waals surface area contributed by atoms with Gasteiger partial charge in [-0.05, 0) is 0 Å². The van der Waals surface area contributed by atoms with E-state index < -0.39 is 0 Å². The smallest absolute Gasteiger partial charge is 0.415 e. The van der Waals surface area contributed by atoms with Gasteiger partial charge in [-0.2, -0.15) is 0 Å². The van der Waals surface area contributed by atoms with Crippen LogP contribution in [0, 0.1) is 0 Å². The SMILES string of the molecule is NC(=S)[S-].NC(=S)[S-].NN.[Na+].[Na+]. The molecule has 10 heteroatoms. The van der Waals surface area contributed by atoms with Crippen molar-refractivity contribution in [2.75, 3.05) is 0 Å². The fraction of sp³-hybridized carbons (Fsp3) is 0. The molecule has 12 heavy (non-hydrogen) atoms. The second kappa shape index (κ2) is 29.2. The summed E-state index contributed by atoms with van der Waals surface area (Å²) in [7, 11) is 0. The third kappa shape index (κ3) is 329. The Labute approximate surface area is 138 Å². The van der Waals surface area contributed by atoms with E-state index in [1.165, 1.54) is 0 Å². The molecule has 0 amide bonds. The van der Waals surface area contributed by atoms with Crippen LogP contribution in [0.4, 0.5) is 0 Å². The maximum atomic E-state index is 4.66. The summed E-state index contributed by atoms with van der Waals surface area (Å²) in [5.74, 6) is 8.00. The molecule has 0 aromatic rings. The van der Waals surface area contributed by atoms with Crippen LogP contribution in [-0.4, -0.2) is 8.64 Å². The Balaban J connectivity index is -0.0000000198. The molecule has 0 radical (unpaired) electrons. The maximum absolute atomic E-state index is 4.66. The summed E-state index contributed by atoms with van der Waals surface area (Å²) in [6.07, 6.45) is 0. The molecule has 0 heterocycles. The second-order valence-corrected chi connectivity index (χ2v) is 2.91. The molecule has 0 saturated carbocycles. The van der Waals surface area contributed by atoms with Crippen LogP contribution in [0.15, 0.2) is 0 Å². The van der Waals surface area contributed by atoms with Crippen LogP contribution in [-0.2, 0) is 25.3 Å². The molecule has 0 spiro atoms. The van der Waals surface area contributed by atoms with E-state index in [-0.39, 0.29) is 67.8 Å². The van der Waals surface area contributed by atoms with Crippen LogP contribution in [0.5, 0.6) is 0 Å². The quantitative estimate of drug-likeness (QED) is 0.112. The summed E-state index contributed by atoms with van der Waals surface area (Å²) in [5.41, 5.74) is 9.31. The zero-order valence-electron chi connectivity index (χ0n) is 6.94. The zero-order chi connectivity index (χ0) is 9.15. The van der Waals surface area contributed by atoms with Gasteiger partial charge in [0.2, 0.25) is 0 Å². The Kier molecular flexibility index (Phi) is 71.2. The van der Waals surface area contributed by atoms with Crippen molar-refractivity contribution in [1.29, 1.82) is 0 Å². The monoisotopic (exact) mass is 262 g/mol. The van der Waals surface area contributed by atoms with Crippen LogP contribution < -0.4 is 82.3 Å². The van der Waals surface area contributed by atoms with Crippen molar-refractivity contribution in [3.63, 3.8) is 0 Å². The van der Waals surface area contributed by atoms with Gasteiger partial charge >= 0.3 is 59.1 Å². The van der Waals surface area contributed by atoms with Crippen molar-refractivity contribution < 1.29 is 59.1 Å². The van der Waals surface area contributed by atoms with Crippen LogP contribution in [0.25, 0.3) is 0 Å². The first kappa shape index (κ1) is 29.2. The molecule has 0 rings (SSSR count). The van der Waals surface area contributed by atoms with Gasteiger partial charge in [0.05, 0.1) is 0 Å². The molecule has 0 saturated heterocycles. The molecular formula is C2H8N4Na2S4. The Morgan fingerprint density at radius 1 is 0.833 bits per heavy atom. The molecule has 0 bridgehead atoms. The summed E-state index contributed by atoms with van der Waals surface area (Å²) in [5, 5.41) is 0. The molecule has 0 aliphatic rings. The molecule has 0 atom stereocenters. The van der Waals surface area contributed by atoms with E-state index in [2.05, 4.69) is 72.8 Å². The second-order valence-electron chi connectivity index (χ2n) is 0.638. The van der Waals surface area contributed by atoms with Gasteiger partial charge in [-0.1, -0.05) is 8.64 Å². The molecule has 0 unspecified atom stereocenters. The number of nitrogens with two attached hydrogens (primary N) is 4. The topological polar surface area (TPSA) is 104 Å². The van der Waals surface area contributed by atoms with Gasteiger partial charge in [0.25, 0.3) is 0 Å². The third-order valence-electron chi connectivity index (χ3n) is 0. The van der Waals surface area contributed by atoms with E-state index in [9.17, 15) is 0 Å². The minimum atomic E-state index is 0. The van der Waals surface area contributed by atoms with E-state index >= 15 is 0 Å². The summed E-state index contributed by atoms with van der Waals surface area (Å²) in [4.78, 5) is 0. The predicted molar refractivity (Wildman–Crippen MR) is 56.7 cm³/mol. The largest absolute Gasteiger partial charge is 1.00 e. The zero-order valence-corrected chi connectivity index (χ0v) is 14.2. The number of hydrogen-bond donors (Lipinski definition) is 4. The number of hydrazine groups is 1. The van der Waals surface area contributed by atoms with Gasteiger partial charge in [-0.15, -0.1) is 0 Å². The van der Waals surface area contributed by atoms with Gasteiger partial charge < -0.3 is 61.2 Å². The number of rotatable bonds is 0. The minimum Gasteiger partial charge on any atom is -0.415 e. The predicted octanol–water partition coefficient (Wildman–Crippen LogP) is -7.62. The van der Waals surface area contributed by atoms with Crippen molar-refractivity contribution >= 4 is 58.3 Å². The molecule has 62 valence electrons. The minimum absolute atomic E-state index is 0.